The molecule has 1 aromatic rings. The molecule has 1 saturated heterocycles. The van der Waals surface area contributed by atoms with Gasteiger partial charge >= 0.3 is 0 Å². The molecule has 1 aromatic carbocycles. The van der Waals surface area contributed by atoms with Crippen molar-refractivity contribution in [1.29, 1.82) is 0 Å². The Bertz CT molecular complexity index is 326. The van der Waals surface area contributed by atoms with E-state index in [-0.39, 0.29) is 5.82 Å². The van der Waals surface area contributed by atoms with Crippen molar-refractivity contribution in [1.82, 2.24) is 4.31 Å². The second-order valence-electron chi connectivity index (χ2n) is 3.29. The third-order valence-corrected chi connectivity index (χ3v) is 3.83. The van der Waals surface area contributed by atoms with Crippen molar-refractivity contribution in [2.45, 2.75) is 13.0 Å². The van der Waals surface area contributed by atoms with E-state index >= 15 is 0 Å². The van der Waals surface area contributed by atoms with Crippen LogP contribution >= 0.6 is 27.9 Å². The molecule has 14 heavy (non-hydrogen) atoms. The highest BCUT2D eigenvalue weighted by atomic mass is 79.9. The molecule has 1 fully saturated rings. The molecule has 1 nitrogen and oxygen atoms in total. The number of halogens is 2. The third kappa shape index (κ3) is 2.49. The van der Waals surface area contributed by atoms with Gasteiger partial charge in [0.25, 0.3) is 0 Å². The molecule has 0 aliphatic carbocycles. The summed E-state index contributed by atoms with van der Waals surface area (Å²) in [6, 6.07) is 5.26. The van der Waals surface area contributed by atoms with Crippen LogP contribution in [0.15, 0.2) is 22.7 Å². The van der Waals surface area contributed by atoms with E-state index in [1.165, 1.54) is 12.5 Å². The zero-order valence-electron chi connectivity index (χ0n) is 7.67. The first-order chi connectivity index (χ1) is 6.75. The van der Waals surface area contributed by atoms with Gasteiger partial charge in [0.2, 0.25) is 0 Å². The molecular formula is C10H11BrFNS. The molecule has 0 aromatic heterocycles. The second kappa shape index (κ2) is 4.64. The average Bonchev–Trinajstić information content (AvgIpc) is 2.62. The molecule has 0 bridgehead atoms. The van der Waals surface area contributed by atoms with Crippen molar-refractivity contribution in [2.75, 3.05) is 12.3 Å². The Morgan fingerprint density at radius 3 is 3.00 bits per heavy atom. The Morgan fingerprint density at radius 1 is 1.50 bits per heavy atom. The van der Waals surface area contributed by atoms with Crippen LogP contribution in [0.4, 0.5) is 4.39 Å². The van der Waals surface area contributed by atoms with E-state index in [1.54, 1.807) is 11.9 Å². The van der Waals surface area contributed by atoms with Crippen LogP contribution in [0.3, 0.4) is 0 Å². The number of hydrogen-bond donors (Lipinski definition) is 0. The van der Waals surface area contributed by atoms with Crippen molar-refractivity contribution in [3.8, 4) is 0 Å². The van der Waals surface area contributed by atoms with Gasteiger partial charge in [-0.2, -0.15) is 0 Å². The van der Waals surface area contributed by atoms with Crippen molar-refractivity contribution in [3.05, 3.63) is 34.1 Å². The predicted molar refractivity (Wildman–Crippen MR) is 61.6 cm³/mol. The van der Waals surface area contributed by atoms with E-state index in [0.717, 1.165) is 22.3 Å². The summed E-state index contributed by atoms with van der Waals surface area (Å²) in [4.78, 5) is 0. The highest BCUT2D eigenvalue weighted by Gasteiger charge is 2.14. The van der Waals surface area contributed by atoms with E-state index in [2.05, 4.69) is 20.2 Å². The van der Waals surface area contributed by atoms with Gasteiger partial charge in [0.05, 0.1) is 0 Å². The maximum absolute atomic E-state index is 13.4. The first-order valence-corrected chi connectivity index (χ1v) is 6.31. The molecule has 1 aliphatic heterocycles. The minimum atomic E-state index is -0.119. The van der Waals surface area contributed by atoms with E-state index < -0.39 is 0 Å². The summed E-state index contributed by atoms with van der Waals surface area (Å²) >= 11 is 5.06. The molecule has 76 valence electrons. The second-order valence-corrected chi connectivity index (χ2v) is 5.38. The van der Waals surface area contributed by atoms with Crippen molar-refractivity contribution >= 4 is 27.9 Å². The Hall–Kier alpha value is -0.0600. The summed E-state index contributed by atoms with van der Waals surface area (Å²) < 4.78 is 16.5. The van der Waals surface area contributed by atoms with Gasteiger partial charge in [0.1, 0.15) is 5.82 Å². The summed E-state index contributed by atoms with van der Waals surface area (Å²) in [5.74, 6) is 1.05. The molecule has 0 N–H and O–H groups in total. The monoisotopic (exact) mass is 275 g/mol. The zero-order valence-corrected chi connectivity index (χ0v) is 10.1. The molecule has 0 atom stereocenters. The van der Waals surface area contributed by atoms with Crippen LogP contribution in [-0.4, -0.2) is 16.6 Å². The van der Waals surface area contributed by atoms with E-state index in [1.807, 2.05) is 12.1 Å². The van der Waals surface area contributed by atoms with Gasteiger partial charge in [0, 0.05) is 28.9 Å². The Labute approximate surface area is 95.9 Å². The summed E-state index contributed by atoms with van der Waals surface area (Å²) in [7, 11) is 0. The molecule has 1 aliphatic rings. The van der Waals surface area contributed by atoms with Gasteiger partial charge in [-0.25, -0.2) is 8.70 Å². The van der Waals surface area contributed by atoms with E-state index in [4.69, 9.17) is 0 Å². The van der Waals surface area contributed by atoms with Gasteiger partial charge in [-0.1, -0.05) is 33.9 Å². The lowest BCUT2D eigenvalue weighted by atomic mass is 10.2. The molecule has 0 radical (unpaired) electrons. The Morgan fingerprint density at radius 2 is 2.36 bits per heavy atom. The van der Waals surface area contributed by atoms with Gasteiger partial charge < -0.3 is 0 Å². The fourth-order valence-electron chi connectivity index (χ4n) is 1.46. The topological polar surface area (TPSA) is 3.24 Å². The zero-order chi connectivity index (χ0) is 9.97. The summed E-state index contributed by atoms with van der Waals surface area (Å²) in [6.45, 7) is 1.78. The number of nitrogens with zero attached hydrogens (tertiary/aromatic N) is 1. The molecule has 0 unspecified atom stereocenters. The van der Waals surface area contributed by atoms with Crippen LogP contribution < -0.4 is 0 Å². The van der Waals surface area contributed by atoms with Gasteiger partial charge in [-0.3, -0.25) is 0 Å². The number of rotatable bonds is 2. The van der Waals surface area contributed by atoms with Crippen LogP contribution in [0.2, 0.25) is 0 Å². The molecule has 2 rings (SSSR count). The number of benzene rings is 1. The van der Waals surface area contributed by atoms with Crippen LogP contribution in [0, 0.1) is 5.82 Å². The van der Waals surface area contributed by atoms with Crippen molar-refractivity contribution in [3.63, 3.8) is 0 Å². The SMILES string of the molecule is Fc1cc(Br)ccc1CN1CCCS1. The minimum absolute atomic E-state index is 0.119. The van der Waals surface area contributed by atoms with Crippen LogP contribution in [0.5, 0.6) is 0 Å². The standard InChI is InChI=1S/C10H11BrFNS/c11-9-3-2-8(10(12)6-9)7-13-4-1-5-14-13/h2-3,6H,1,4-5,7H2. The van der Waals surface area contributed by atoms with Gasteiger partial charge in [-0.05, 0) is 18.6 Å². The predicted octanol–water partition coefficient (Wildman–Crippen LogP) is 3.44. The van der Waals surface area contributed by atoms with Crippen molar-refractivity contribution in [2.24, 2.45) is 0 Å². The minimum Gasteiger partial charge on any atom is -0.246 e. The lowest BCUT2D eigenvalue weighted by molar-refractivity contribution is 0.474. The van der Waals surface area contributed by atoms with Gasteiger partial charge in [0.15, 0.2) is 0 Å². The van der Waals surface area contributed by atoms with Crippen LogP contribution in [0.1, 0.15) is 12.0 Å². The van der Waals surface area contributed by atoms with E-state index in [9.17, 15) is 4.39 Å². The Kier molecular flexibility index (Phi) is 3.47. The smallest absolute Gasteiger partial charge is 0.128 e. The fourth-order valence-corrected chi connectivity index (χ4v) is 2.80. The lowest BCUT2D eigenvalue weighted by Gasteiger charge is -2.13. The molecular weight excluding hydrogens is 265 g/mol. The largest absolute Gasteiger partial charge is 0.246 e. The molecule has 1 heterocycles. The molecule has 0 saturated carbocycles. The average molecular weight is 276 g/mol. The van der Waals surface area contributed by atoms with Crippen LogP contribution in [0.25, 0.3) is 0 Å². The third-order valence-electron chi connectivity index (χ3n) is 2.19. The molecule has 0 amide bonds. The van der Waals surface area contributed by atoms with Crippen LogP contribution in [-0.2, 0) is 6.54 Å². The van der Waals surface area contributed by atoms with Gasteiger partial charge in [-0.15, -0.1) is 0 Å². The first-order valence-electron chi connectivity index (χ1n) is 4.57. The highest BCUT2D eigenvalue weighted by Crippen LogP contribution is 2.24. The summed E-state index contributed by atoms with van der Waals surface area (Å²) in [5.41, 5.74) is 0.780. The first kappa shape index (κ1) is 10.5. The normalized spacial score (nSPS) is 17.6. The Balaban J connectivity index is 2.08. The highest BCUT2D eigenvalue weighted by molar-refractivity contribution is 9.10. The number of hydrogen-bond acceptors (Lipinski definition) is 2. The summed E-state index contributed by atoms with van der Waals surface area (Å²) in [5, 5.41) is 0. The summed E-state index contributed by atoms with van der Waals surface area (Å²) in [6.07, 6.45) is 1.21. The quantitative estimate of drug-likeness (QED) is 0.761. The molecule has 4 heteroatoms. The fraction of sp³-hybridized carbons (Fsp3) is 0.400. The maximum Gasteiger partial charge on any atom is 0.128 e. The van der Waals surface area contributed by atoms with Crippen molar-refractivity contribution < 1.29 is 4.39 Å². The maximum atomic E-state index is 13.4. The van der Waals surface area contributed by atoms with E-state index in [0.29, 0.717) is 6.54 Å². The lowest BCUT2D eigenvalue weighted by Crippen LogP contribution is -2.11. The molecule has 0 spiro atoms.